The highest BCUT2D eigenvalue weighted by molar-refractivity contribution is 6.74. The molecule has 0 aromatic rings. The van der Waals surface area contributed by atoms with Crippen molar-refractivity contribution in [1.82, 2.24) is 5.32 Å². The Bertz CT molecular complexity index is 846. The van der Waals surface area contributed by atoms with Crippen molar-refractivity contribution in [1.29, 1.82) is 0 Å². The lowest BCUT2D eigenvalue weighted by molar-refractivity contribution is -0.153. The first-order valence-corrected chi connectivity index (χ1v) is 15.5. The standard InChI is InChI=1S/C25H42Cl2N2O4Si/c1-16(2)14-32-23(31)18(4)22(30)29-25(8,15-33-34(9,10)24(5,6)7)20-17(3)12-11-13-19(26)28-21(20)27/h11,13,16-18H,12,14-15H2,1-10H3,(H,29,30)/b13-11+,21-20+,28-19-. The molecule has 3 atom stereocenters. The van der Waals surface area contributed by atoms with E-state index in [9.17, 15) is 9.59 Å². The lowest BCUT2D eigenvalue weighted by Gasteiger charge is -2.42. The third kappa shape index (κ3) is 8.50. The molecular weight excluding hydrogens is 491 g/mol. The molecule has 1 N–H and O–H groups in total. The number of carbonyl (C=O) groups excluding carboxylic acids is 2. The molecule has 34 heavy (non-hydrogen) atoms. The molecule has 1 heterocycles. The molecule has 0 saturated heterocycles. The van der Waals surface area contributed by atoms with Crippen LogP contribution in [0, 0.1) is 17.8 Å². The van der Waals surface area contributed by atoms with Gasteiger partial charge < -0.3 is 14.5 Å². The van der Waals surface area contributed by atoms with Crippen LogP contribution in [0.15, 0.2) is 27.9 Å². The van der Waals surface area contributed by atoms with Gasteiger partial charge in [0, 0.05) is 0 Å². The zero-order valence-corrected chi connectivity index (χ0v) is 24.9. The van der Waals surface area contributed by atoms with Gasteiger partial charge in [-0.25, -0.2) is 4.99 Å². The number of hydrogen-bond acceptors (Lipinski definition) is 5. The van der Waals surface area contributed by atoms with Crippen LogP contribution in [-0.4, -0.2) is 44.1 Å². The molecule has 1 rings (SSSR count). The molecule has 0 radical (unpaired) electrons. The van der Waals surface area contributed by atoms with Gasteiger partial charge >= 0.3 is 5.97 Å². The second-order valence-electron chi connectivity index (χ2n) is 11.3. The van der Waals surface area contributed by atoms with E-state index in [1.54, 1.807) is 13.0 Å². The summed E-state index contributed by atoms with van der Waals surface area (Å²) in [5.41, 5.74) is -0.298. The van der Waals surface area contributed by atoms with Gasteiger partial charge in [0.05, 0.1) is 18.8 Å². The van der Waals surface area contributed by atoms with Gasteiger partial charge in [-0.1, -0.05) is 70.8 Å². The number of ether oxygens (including phenoxy) is 1. The van der Waals surface area contributed by atoms with Gasteiger partial charge in [-0.15, -0.1) is 0 Å². The summed E-state index contributed by atoms with van der Waals surface area (Å²) >= 11 is 12.9. The summed E-state index contributed by atoms with van der Waals surface area (Å²) in [4.78, 5) is 30.0. The minimum absolute atomic E-state index is 0.0270. The molecular formula is C25H42Cl2N2O4Si. The largest absolute Gasteiger partial charge is 0.465 e. The Morgan fingerprint density at radius 2 is 1.79 bits per heavy atom. The van der Waals surface area contributed by atoms with Crippen LogP contribution in [0.1, 0.15) is 61.8 Å². The fourth-order valence-corrected chi connectivity index (χ4v) is 5.02. The summed E-state index contributed by atoms with van der Waals surface area (Å²) in [6.45, 7) is 20.5. The van der Waals surface area contributed by atoms with Crippen molar-refractivity contribution in [3.8, 4) is 0 Å². The van der Waals surface area contributed by atoms with Crippen LogP contribution in [-0.2, 0) is 18.8 Å². The predicted octanol–water partition coefficient (Wildman–Crippen LogP) is 6.40. The van der Waals surface area contributed by atoms with E-state index in [-0.39, 0.29) is 40.4 Å². The van der Waals surface area contributed by atoms with Crippen molar-refractivity contribution in [3.05, 3.63) is 22.9 Å². The maximum absolute atomic E-state index is 13.2. The number of allylic oxidation sites excluding steroid dienone is 2. The van der Waals surface area contributed by atoms with Crippen LogP contribution >= 0.6 is 23.2 Å². The van der Waals surface area contributed by atoms with E-state index in [1.807, 2.05) is 33.8 Å². The Balaban J connectivity index is 3.39. The van der Waals surface area contributed by atoms with E-state index >= 15 is 0 Å². The molecule has 6 nitrogen and oxygen atoms in total. The maximum Gasteiger partial charge on any atom is 0.318 e. The van der Waals surface area contributed by atoms with Crippen molar-refractivity contribution in [2.75, 3.05) is 13.2 Å². The summed E-state index contributed by atoms with van der Waals surface area (Å²) in [5, 5.41) is 3.51. The van der Waals surface area contributed by atoms with E-state index in [0.29, 0.717) is 12.0 Å². The fraction of sp³-hybridized carbons (Fsp3) is 0.720. The van der Waals surface area contributed by atoms with Gasteiger partial charge in [0.2, 0.25) is 5.91 Å². The highest BCUT2D eigenvalue weighted by Crippen LogP contribution is 2.39. The number of esters is 1. The molecule has 0 saturated carbocycles. The van der Waals surface area contributed by atoms with Crippen LogP contribution in [0.3, 0.4) is 0 Å². The Labute approximate surface area is 216 Å². The smallest absolute Gasteiger partial charge is 0.318 e. The average Bonchev–Trinajstić information content (AvgIpc) is 2.68. The number of rotatable bonds is 9. The zero-order valence-electron chi connectivity index (χ0n) is 22.3. The van der Waals surface area contributed by atoms with E-state index < -0.39 is 31.7 Å². The Hall–Kier alpha value is -1.15. The first kappa shape index (κ1) is 30.9. The van der Waals surface area contributed by atoms with Crippen molar-refractivity contribution in [2.24, 2.45) is 22.7 Å². The van der Waals surface area contributed by atoms with Crippen LogP contribution in [0.5, 0.6) is 0 Å². The summed E-state index contributed by atoms with van der Waals surface area (Å²) < 4.78 is 11.8. The third-order valence-electron chi connectivity index (χ3n) is 6.49. The number of amides is 1. The lowest BCUT2D eigenvalue weighted by Crippen LogP contribution is -2.57. The number of nitrogens with zero attached hydrogens (tertiary/aromatic N) is 1. The Morgan fingerprint density at radius 1 is 1.21 bits per heavy atom. The normalized spacial score (nSPS) is 24.9. The van der Waals surface area contributed by atoms with Crippen LogP contribution < -0.4 is 5.32 Å². The van der Waals surface area contributed by atoms with Crippen molar-refractivity contribution in [3.63, 3.8) is 0 Å². The third-order valence-corrected chi connectivity index (χ3v) is 11.5. The van der Waals surface area contributed by atoms with Crippen LogP contribution in [0.4, 0.5) is 0 Å². The summed E-state index contributed by atoms with van der Waals surface area (Å²) in [6, 6.07) is 0. The minimum Gasteiger partial charge on any atom is -0.465 e. The molecule has 0 spiro atoms. The molecule has 0 bridgehead atoms. The second-order valence-corrected chi connectivity index (χ2v) is 16.8. The molecule has 194 valence electrons. The van der Waals surface area contributed by atoms with Crippen molar-refractivity contribution < 1.29 is 18.8 Å². The minimum atomic E-state index is -2.17. The number of nitrogens with one attached hydrogen (secondary N) is 1. The highest BCUT2D eigenvalue weighted by atomic mass is 35.5. The first-order valence-electron chi connectivity index (χ1n) is 11.8. The Morgan fingerprint density at radius 3 is 2.32 bits per heavy atom. The van der Waals surface area contributed by atoms with E-state index in [0.717, 1.165) is 0 Å². The second kappa shape index (κ2) is 12.2. The molecule has 0 aliphatic carbocycles. The van der Waals surface area contributed by atoms with E-state index in [2.05, 4.69) is 44.2 Å². The van der Waals surface area contributed by atoms with Crippen LogP contribution in [0.2, 0.25) is 18.1 Å². The molecule has 0 fully saturated rings. The molecule has 1 aliphatic heterocycles. The van der Waals surface area contributed by atoms with E-state index in [4.69, 9.17) is 32.4 Å². The molecule has 1 aliphatic rings. The maximum atomic E-state index is 13.2. The molecule has 0 aromatic carbocycles. The first-order chi connectivity index (χ1) is 15.4. The van der Waals surface area contributed by atoms with Gasteiger partial charge in [-0.3, -0.25) is 9.59 Å². The van der Waals surface area contributed by atoms with Gasteiger partial charge in [0.15, 0.2) is 8.32 Å². The SMILES string of the molecule is CC(C)COC(=O)C(C)C(=O)NC(C)(CO[Si](C)(C)C(C)(C)C)/C1=C(Cl)/N=C(Cl)/C=C/CC1C. The van der Waals surface area contributed by atoms with Gasteiger partial charge in [0.1, 0.15) is 16.2 Å². The van der Waals surface area contributed by atoms with E-state index in [1.165, 1.54) is 0 Å². The number of carbonyl (C=O) groups is 2. The van der Waals surface area contributed by atoms with Gasteiger partial charge in [-0.2, -0.15) is 0 Å². The summed E-state index contributed by atoms with van der Waals surface area (Å²) in [5.74, 6) is -1.87. The zero-order chi connectivity index (χ0) is 26.5. The number of aliphatic imine (C=N–C) groups is 1. The highest BCUT2D eigenvalue weighted by Gasteiger charge is 2.43. The predicted molar refractivity (Wildman–Crippen MR) is 144 cm³/mol. The monoisotopic (exact) mass is 532 g/mol. The van der Waals surface area contributed by atoms with Crippen LogP contribution in [0.25, 0.3) is 0 Å². The summed E-state index contributed by atoms with van der Waals surface area (Å²) in [7, 11) is -2.17. The fourth-order valence-electron chi connectivity index (χ4n) is 3.24. The number of hydrogen-bond donors (Lipinski definition) is 1. The lowest BCUT2D eigenvalue weighted by atomic mass is 9.82. The summed E-state index contributed by atoms with van der Waals surface area (Å²) in [6.07, 6.45) is 4.31. The van der Waals surface area contributed by atoms with Crippen molar-refractivity contribution >= 4 is 48.6 Å². The Kier molecular flexibility index (Phi) is 11.1. The van der Waals surface area contributed by atoms with Gasteiger partial charge in [-0.05, 0) is 61.9 Å². The molecule has 1 amide bonds. The van der Waals surface area contributed by atoms with Gasteiger partial charge in [0.25, 0.3) is 0 Å². The molecule has 9 heteroatoms. The van der Waals surface area contributed by atoms with Crippen molar-refractivity contribution in [2.45, 2.75) is 85.5 Å². The topological polar surface area (TPSA) is 77.0 Å². The molecule has 0 aromatic heterocycles. The average molecular weight is 534 g/mol. The molecule has 3 unspecified atom stereocenters. The quantitative estimate of drug-likeness (QED) is 0.161. The number of halogens is 2.